The van der Waals surface area contributed by atoms with Crippen LogP contribution in [0.5, 0.6) is 23.0 Å². The number of hydrogen-bond donors (Lipinski definition) is 1. The molecule has 0 saturated heterocycles. The number of ether oxygens (including phenoxy) is 3. The molecule has 1 N–H and O–H groups in total. The molecule has 6 nitrogen and oxygen atoms in total. The zero-order valence-corrected chi connectivity index (χ0v) is 32.2. The van der Waals surface area contributed by atoms with E-state index in [0.29, 0.717) is 0 Å². The van der Waals surface area contributed by atoms with Crippen LogP contribution >= 0.6 is 0 Å². The molecule has 2 aromatic heterocycles. The number of benzene rings is 4. The van der Waals surface area contributed by atoms with Crippen LogP contribution in [-0.2, 0) is 10.8 Å². The Bertz CT molecular complexity index is 2530. The molecule has 56 heavy (non-hydrogen) atoms. The van der Waals surface area contributed by atoms with Gasteiger partial charge in [-0.1, -0.05) is 90.1 Å². The highest BCUT2D eigenvalue weighted by molar-refractivity contribution is 6.15. The molecule has 4 aromatic carbocycles. The number of allylic oxidation sites excluding steroid dienone is 2. The summed E-state index contributed by atoms with van der Waals surface area (Å²) in [5.41, 5.74) is -3.83. The molecule has 0 bridgehead atoms. The van der Waals surface area contributed by atoms with Gasteiger partial charge in [0.05, 0.1) is 21.3 Å². The number of aromatic hydroxyl groups is 1. The van der Waals surface area contributed by atoms with E-state index in [1.165, 1.54) is 51.7 Å². The van der Waals surface area contributed by atoms with Gasteiger partial charge >= 0.3 is 17.8 Å². The summed E-state index contributed by atoms with van der Waals surface area (Å²) in [5.74, 6) is -18.3. The van der Waals surface area contributed by atoms with Crippen molar-refractivity contribution < 1.29 is 54.5 Å². The van der Waals surface area contributed by atoms with Crippen molar-refractivity contribution in [2.45, 2.75) is 70.1 Å². The lowest BCUT2D eigenvalue weighted by Crippen LogP contribution is -2.48. The zero-order chi connectivity index (χ0) is 40.9. The third kappa shape index (κ3) is 5.70. The lowest BCUT2D eigenvalue weighted by molar-refractivity contribution is -0.254. The summed E-state index contributed by atoms with van der Waals surface area (Å²) < 4.78 is 128. The van der Waals surface area contributed by atoms with Gasteiger partial charge in [0.1, 0.15) is 22.7 Å². The molecule has 0 spiro atoms. The van der Waals surface area contributed by atoms with Crippen LogP contribution in [0.1, 0.15) is 63.8 Å². The Labute approximate surface area is 319 Å². The summed E-state index contributed by atoms with van der Waals surface area (Å²) in [7, 11) is 3.85. The van der Waals surface area contributed by atoms with Crippen molar-refractivity contribution in [3.63, 3.8) is 0 Å². The third-order valence-corrected chi connectivity index (χ3v) is 10.4. The van der Waals surface area contributed by atoms with Gasteiger partial charge in [-0.05, 0) is 34.1 Å². The van der Waals surface area contributed by atoms with Gasteiger partial charge in [0.15, 0.2) is 23.0 Å². The molecule has 0 saturated carbocycles. The fourth-order valence-corrected chi connectivity index (χ4v) is 7.24. The van der Waals surface area contributed by atoms with Gasteiger partial charge in [-0.2, -0.15) is 26.3 Å². The molecule has 6 aromatic rings. The van der Waals surface area contributed by atoms with E-state index in [1.54, 1.807) is 36.4 Å². The molecule has 0 fully saturated rings. The van der Waals surface area contributed by atoms with Crippen molar-refractivity contribution in [3.8, 4) is 45.6 Å². The maximum atomic E-state index is 16.9. The van der Waals surface area contributed by atoms with E-state index in [4.69, 9.17) is 23.0 Å². The van der Waals surface area contributed by atoms with E-state index in [0.717, 1.165) is 17.2 Å². The fraction of sp³-hybridized carbons (Fsp3) is 0.318. The minimum atomic E-state index is -5.95. The van der Waals surface area contributed by atoms with Crippen LogP contribution in [-0.4, -0.2) is 44.2 Å². The van der Waals surface area contributed by atoms with Crippen molar-refractivity contribution in [1.29, 1.82) is 0 Å². The monoisotopic (exact) mass is 778 g/mol. The third-order valence-electron chi connectivity index (χ3n) is 10.4. The molecular formula is C44H40F6O6. The Morgan fingerprint density at radius 1 is 0.518 bits per heavy atom. The zero-order valence-electron chi connectivity index (χ0n) is 32.2. The first-order valence-electron chi connectivity index (χ1n) is 17.7. The standard InChI is InChI=1S/C44H40F6O6/c1-40(2,3)24-14-10-22(11-15-24)38-34(26-18-28(51)31(52-7)20-29(26)55-38)36-37(43(47,48)44(49,50)42(36,45)46)35-27-19-32(53-8)33(54-9)21-30(27)56-39(35)23-12-16-25(17-13-23)41(4,5)6/h10-21,51H,1-9H3. The molecule has 0 atom stereocenters. The second-order valence-electron chi connectivity index (χ2n) is 16.0. The van der Waals surface area contributed by atoms with E-state index in [1.807, 2.05) is 41.5 Å². The summed E-state index contributed by atoms with van der Waals surface area (Å²) in [6.07, 6.45) is 0. The average molecular weight is 779 g/mol. The molecule has 1 aliphatic carbocycles. The van der Waals surface area contributed by atoms with Gasteiger partial charge in [0.25, 0.3) is 0 Å². The van der Waals surface area contributed by atoms with Crippen molar-refractivity contribution in [1.82, 2.24) is 0 Å². The quantitative estimate of drug-likeness (QED) is 0.163. The maximum Gasteiger partial charge on any atom is 0.380 e. The number of methoxy groups -OCH3 is 3. The molecule has 2 heterocycles. The number of halogens is 6. The molecule has 0 aliphatic heterocycles. The van der Waals surface area contributed by atoms with Crippen LogP contribution in [0.15, 0.2) is 81.6 Å². The van der Waals surface area contributed by atoms with Gasteiger partial charge in [0.2, 0.25) is 0 Å². The largest absolute Gasteiger partial charge is 0.504 e. The minimum Gasteiger partial charge on any atom is -0.504 e. The lowest BCUT2D eigenvalue weighted by atomic mass is 9.85. The Kier molecular flexibility index (Phi) is 8.83. The van der Waals surface area contributed by atoms with Gasteiger partial charge in [-0.25, -0.2) is 0 Å². The van der Waals surface area contributed by atoms with Crippen molar-refractivity contribution in [2.24, 2.45) is 0 Å². The van der Waals surface area contributed by atoms with Crippen molar-refractivity contribution >= 4 is 33.1 Å². The predicted octanol–water partition coefficient (Wildman–Crippen LogP) is 12.7. The highest BCUT2D eigenvalue weighted by atomic mass is 19.3. The lowest BCUT2D eigenvalue weighted by Gasteiger charge is -2.26. The van der Waals surface area contributed by atoms with Gasteiger partial charge in [0, 0.05) is 56.3 Å². The normalized spacial score (nSPS) is 16.6. The van der Waals surface area contributed by atoms with Gasteiger partial charge in [-0.15, -0.1) is 0 Å². The topological polar surface area (TPSA) is 74.2 Å². The van der Waals surface area contributed by atoms with E-state index < -0.39 is 51.6 Å². The first kappa shape index (κ1) is 38.7. The van der Waals surface area contributed by atoms with E-state index in [2.05, 4.69) is 0 Å². The minimum absolute atomic E-state index is 0.00377. The number of hydrogen-bond acceptors (Lipinski definition) is 6. The van der Waals surface area contributed by atoms with E-state index in [9.17, 15) is 5.11 Å². The number of alkyl halides is 6. The summed E-state index contributed by atoms with van der Waals surface area (Å²) in [4.78, 5) is 0. The molecule has 12 heteroatoms. The second-order valence-corrected chi connectivity index (χ2v) is 16.0. The van der Waals surface area contributed by atoms with E-state index in [-0.39, 0.29) is 66.9 Å². The second kappa shape index (κ2) is 12.8. The Morgan fingerprint density at radius 2 is 0.875 bits per heavy atom. The molecule has 0 amide bonds. The van der Waals surface area contributed by atoms with Crippen LogP contribution in [0, 0.1) is 0 Å². The summed E-state index contributed by atoms with van der Waals surface area (Å²) in [6, 6.07) is 17.7. The molecular weight excluding hydrogens is 738 g/mol. The number of furan rings is 2. The SMILES string of the molecule is COc1cc2oc(-c3ccc(C(C)(C)C)cc3)c(C3=C(c4c(-c5ccc(C(C)(C)C)cc5)oc5cc(OC)c(OC)cc45)C(F)(F)C(F)(F)C3(F)F)c2cc1O. The Morgan fingerprint density at radius 3 is 1.25 bits per heavy atom. The highest BCUT2D eigenvalue weighted by Crippen LogP contribution is 2.68. The number of phenols is 1. The fourth-order valence-electron chi connectivity index (χ4n) is 7.24. The van der Waals surface area contributed by atoms with Crippen LogP contribution in [0.2, 0.25) is 0 Å². The first-order valence-corrected chi connectivity index (χ1v) is 17.7. The number of fused-ring (bicyclic) bond motifs is 2. The first-order chi connectivity index (χ1) is 26.1. The summed E-state index contributed by atoms with van der Waals surface area (Å²) in [5, 5.41) is 10.3. The van der Waals surface area contributed by atoms with Crippen molar-refractivity contribution in [3.05, 3.63) is 95.1 Å². The molecule has 0 radical (unpaired) electrons. The Balaban J connectivity index is 1.68. The predicted molar refractivity (Wildman–Crippen MR) is 204 cm³/mol. The molecule has 1 aliphatic rings. The molecule has 294 valence electrons. The van der Waals surface area contributed by atoms with Crippen LogP contribution < -0.4 is 14.2 Å². The maximum absolute atomic E-state index is 16.9. The number of phenolic OH excluding ortho intramolecular Hbond substituents is 1. The summed E-state index contributed by atoms with van der Waals surface area (Å²) >= 11 is 0. The molecule has 0 unspecified atom stereocenters. The average Bonchev–Trinajstić information content (AvgIpc) is 3.71. The number of rotatable bonds is 7. The highest BCUT2D eigenvalue weighted by Gasteiger charge is 2.81. The molecule has 7 rings (SSSR count). The summed E-state index contributed by atoms with van der Waals surface area (Å²) in [6.45, 7) is 11.8. The van der Waals surface area contributed by atoms with Gasteiger partial charge < -0.3 is 28.2 Å². The van der Waals surface area contributed by atoms with Gasteiger partial charge in [-0.3, -0.25) is 0 Å². The smallest absolute Gasteiger partial charge is 0.380 e. The van der Waals surface area contributed by atoms with Crippen LogP contribution in [0.25, 0.3) is 55.7 Å². The Hall–Kier alpha value is -5.52. The van der Waals surface area contributed by atoms with Crippen LogP contribution in [0.4, 0.5) is 26.3 Å². The van der Waals surface area contributed by atoms with Crippen LogP contribution in [0.3, 0.4) is 0 Å². The van der Waals surface area contributed by atoms with Crippen molar-refractivity contribution in [2.75, 3.05) is 21.3 Å². The van der Waals surface area contributed by atoms with E-state index >= 15 is 26.3 Å².